The molecular formula is C18H33ClN2O. The number of piperidine rings is 1. The third-order valence-electron chi connectivity index (χ3n) is 6.00. The number of halogens is 1. The highest BCUT2D eigenvalue weighted by molar-refractivity contribution is 5.85. The van der Waals surface area contributed by atoms with E-state index < -0.39 is 0 Å². The largest absolute Gasteiger partial charge is 0.343 e. The van der Waals surface area contributed by atoms with Gasteiger partial charge >= 0.3 is 0 Å². The number of hydrogen-bond acceptors (Lipinski definition) is 2. The van der Waals surface area contributed by atoms with E-state index in [2.05, 4.69) is 10.2 Å². The lowest BCUT2D eigenvalue weighted by Crippen LogP contribution is -2.43. The van der Waals surface area contributed by atoms with Crippen LogP contribution in [-0.2, 0) is 4.79 Å². The lowest BCUT2D eigenvalue weighted by molar-refractivity contribution is -0.133. The Hall–Kier alpha value is -0.280. The molecule has 3 fully saturated rings. The van der Waals surface area contributed by atoms with E-state index in [1.54, 1.807) is 0 Å². The first-order valence-electron chi connectivity index (χ1n) is 9.34. The first-order chi connectivity index (χ1) is 10.3. The molecule has 0 bridgehead atoms. The van der Waals surface area contributed by atoms with Crippen molar-refractivity contribution >= 4 is 18.3 Å². The number of nitrogens with zero attached hydrogens (tertiary/aromatic N) is 1. The topological polar surface area (TPSA) is 32.3 Å². The minimum absolute atomic E-state index is 0. The molecule has 0 aromatic carbocycles. The monoisotopic (exact) mass is 328 g/mol. The van der Waals surface area contributed by atoms with Crippen LogP contribution in [0.2, 0.25) is 0 Å². The molecule has 2 heterocycles. The molecule has 0 aromatic heterocycles. The molecule has 3 rings (SSSR count). The number of hydrogen-bond donors (Lipinski definition) is 1. The van der Waals surface area contributed by atoms with Gasteiger partial charge < -0.3 is 10.2 Å². The summed E-state index contributed by atoms with van der Waals surface area (Å²) in [5.41, 5.74) is 0. The van der Waals surface area contributed by atoms with Crippen molar-refractivity contribution in [3.63, 3.8) is 0 Å². The molecule has 2 aliphatic heterocycles. The van der Waals surface area contributed by atoms with E-state index >= 15 is 0 Å². The average molecular weight is 329 g/mol. The second kappa shape index (κ2) is 9.12. The fraction of sp³-hybridized carbons (Fsp3) is 0.944. The number of carbonyl (C=O) groups is 1. The van der Waals surface area contributed by atoms with Crippen LogP contribution in [-0.4, -0.2) is 36.5 Å². The van der Waals surface area contributed by atoms with Crippen LogP contribution in [0.1, 0.15) is 70.6 Å². The molecule has 1 unspecified atom stereocenters. The fourth-order valence-electron chi connectivity index (χ4n) is 4.61. The van der Waals surface area contributed by atoms with Gasteiger partial charge in [0.25, 0.3) is 0 Å². The van der Waals surface area contributed by atoms with Gasteiger partial charge in [-0.05, 0) is 56.9 Å². The highest BCUT2D eigenvalue weighted by Crippen LogP contribution is 2.29. The maximum absolute atomic E-state index is 12.5. The van der Waals surface area contributed by atoms with Gasteiger partial charge in [-0.3, -0.25) is 4.79 Å². The van der Waals surface area contributed by atoms with Crippen LogP contribution in [0.15, 0.2) is 0 Å². The van der Waals surface area contributed by atoms with E-state index in [0.29, 0.717) is 11.8 Å². The van der Waals surface area contributed by atoms with Gasteiger partial charge in [0.2, 0.25) is 5.91 Å². The van der Waals surface area contributed by atoms with Gasteiger partial charge in [0.05, 0.1) is 0 Å². The molecule has 0 radical (unpaired) electrons. The molecule has 0 spiro atoms. The summed E-state index contributed by atoms with van der Waals surface area (Å²) in [6.45, 7) is 3.22. The molecule has 3 nitrogen and oxygen atoms in total. The van der Waals surface area contributed by atoms with Gasteiger partial charge in [0.1, 0.15) is 0 Å². The van der Waals surface area contributed by atoms with Crippen LogP contribution in [0.5, 0.6) is 0 Å². The smallest absolute Gasteiger partial charge is 0.222 e. The number of amides is 1. The van der Waals surface area contributed by atoms with E-state index in [4.69, 9.17) is 0 Å². The van der Waals surface area contributed by atoms with E-state index in [9.17, 15) is 4.79 Å². The van der Waals surface area contributed by atoms with E-state index in [1.807, 2.05) is 0 Å². The van der Waals surface area contributed by atoms with Gasteiger partial charge in [0.15, 0.2) is 0 Å². The number of likely N-dealkylation sites (tertiary alicyclic amines) is 1. The summed E-state index contributed by atoms with van der Waals surface area (Å²) in [6.07, 6.45) is 14.0. The minimum atomic E-state index is 0. The molecule has 0 aromatic rings. The van der Waals surface area contributed by atoms with Crippen molar-refractivity contribution in [2.24, 2.45) is 11.8 Å². The molecule has 1 atom stereocenters. The van der Waals surface area contributed by atoms with Gasteiger partial charge in [0, 0.05) is 25.6 Å². The number of rotatable bonds is 3. The molecule has 1 aliphatic carbocycles. The summed E-state index contributed by atoms with van der Waals surface area (Å²) >= 11 is 0. The first kappa shape index (κ1) is 18.1. The summed E-state index contributed by atoms with van der Waals surface area (Å²) in [5.74, 6) is 1.93. The van der Waals surface area contributed by atoms with Crippen molar-refractivity contribution in [2.45, 2.75) is 76.7 Å². The zero-order chi connectivity index (χ0) is 14.5. The SMILES string of the molecule is Cl.O=C(CC1CCCCCC1)N1CCC(C2CCCN2)CC1. The molecule has 3 aliphatic rings. The Morgan fingerprint density at radius 2 is 1.59 bits per heavy atom. The Morgan fingerprint density at radius 1 is 0.909 bits per heavy atom. The predicted molar refractivity (Wildman–Crippen MR) is 93.4 cm³/mol. The Kier molecular flexibility index (Phi) is 7.49. The molecule has 1 amide bonds. The summed E-state index contributed by atoms with van der Waals surface area (Å²) in [7, 11) is 0. The minimum Gasteiger partial charge on any atom is -0.343 e. The Balaban J connectivity index is 0.00000176. The first-order valence-corrected chi connectivity index (χ1v) is 9.34. The zero-order valence-corrected chi connectivity index (χ0v) is 14.7. The molecule has 1 N–H and O–H groups in total. The van der Waals surface area contributed by atoms with Crippen LogP contribution in [0.3, 0.4) is 0 Å². The third-order valence-corrected chi connectivity index (χ3v) is 6.00. The van der Waals surface area contributed by atoms with Gasteiger partial charge in [-0.2, -0.15) is 0 Å². The van der Waals surface area contributed by atoms with Crippen LogP contribution in [0, 0.1) is 11.8 Å². The maximum atomic E-state index is 12.5. The zero-order valence-electron chi connectivity index (χ0n) is 13.9. The predicted octanol–water partition coefficient (Wildman–Crippen LogP) is 3.76. The molecule has 4 heteroatoms. The van der Waals surface area contributed by atoms with Crippen LogP contribution < -0.4 is 5.32 Å². The standard InChI is InChI=1S/C18H32N2O.ClH/c21-18(14-15-6-3-1-2-4-7-15)20-12-9-16(10-13-20)17-8-5-11-19-17;/h15-17,19H,1-14H2;1H. The molecule has 1 saturated carbocycles. The highest BCUT2D eigenvalue weighted by Gasteiger charge is 2.30. The van der Waals surface area contributed by atoms with Crippen molar-refractivity contribution in [1.29, 1.82) is 0 Å². The summed E-state index contributed by atoms with van der Waals surface area (Å²) in [4.78, 5) is 14.7. The summed E-state index contributed by atoms with van der Waals surface area (Å²) in [5, 5.41) is 3.64. The van der Waals surface area contributed by atoms with Crippen molar-refractivity contribution in [2.75, 3.05) is 19.6 Å². The summed E-state index contributed by atoms with van der Waals surface area (Å²) in [6, 6.07) is 0.740. The Labute approximate surface area is 142 Å². The van der Waals surface area contributed by atoms with Crippen molar-refractivity contribution < 1.29 is 4.79 Å². The number of carbonyl (C=O) groups excluding carboxylic acids is 1. The quantitative estimate of drug-likeness (QED) is 0.800. The van der Waals surface area contributed by atoms with Crippen LogP contribution >= 0.6 is 12.4 Å². The van der Waals surface area contributed by atoms with Crippen LogP contribution in [0.25, 0.3) is 0 Å². The summed E-state index contributed by atoms with van der Waals surface area (Å²) < 4.78 is 0. The van der Waals surface area contributed by atoms with Gasteiger partial charge in [-0.25, -0.2) is 0 Å². The average Bonchev–Trinajstić information content (AvgIpc) is 2.93. The third kappa shape index (κ3) is 4.86. The Bertz CT molecular complexity index is 328. The fourth-order valence-corrected chi connectivity index (χ4v) is 4.61. The highest BCUT2D eigenvalue weighted by atomic mass is 35.5. The molecule has 2 saturated heterocycles. The van der Waals surface area contributed by atoms with Crippen molar-refractivity contribution in [3.8, 4) is 0 Å². The molecular weight excluding hydrogens is 296 g/mol. The van der Waals surface area contributed by atoms with E-state index in [0.717, 1.165) is 31.5 Å². The lowest BCUT2D eigenvalue weighted by Gasteiger charge is -2.35. The number of nitrogens with one attached hydrogen (secondary N) is 1. The van der Waals surface area contributed by atoms with Crippen molar-refractivity contribution in [1.82, 2.24) is 10.2 Å². The molecule has 22 heavy (non-hydrogen) atoms. The lowest BCUT2D eigenvalue weighted by atomic mass is 9.88. The van der Waals surface area contributed by atoms with Crippen molar-refractivity contribution in [3.05, 3.63) is 0 Å². The van der Waals surface area contributed by atoms with Gasteiger partial charge in [-0.15, -0.1) is 12.4 Å². The Morgan fingerprint density at radius 3 is 2.18 bits per heavy atom. The molecule has 128 valence electrons. The maximum Gasteiger partial charge on any atom is 0.222 e. The normalized spacial score (nSPS) is 28.2. The van der Waals surface area contributed by atoms with Crippen LogP contribution in [0.4, 0.5) is 0 Å². The van der Waals surface area contributed by atoms with Gasteiger partial charge in [-0.1, -0.05) is 25.7 Å². The van der Waals surface area contributed by atoms with E-state index in [1.165, 1.54) is 70.8 Å². The van der Waals surface area contributed by atoms with E-state index in [-0.39, 0.29) is 12.4 Å². The second-order valence-electron chi connectivity index (χ2n) is 7.48. The second-order valence-corrected chi connectivity index (χ2v) is 7.48.